The Bertz CT molecular complexity index is 503. The zero-order chi connectivity index (χ0) is 14.7. The number of nitrogens with zero attached hydrogens (tertiary/aromatic N) is 1. The van der Waals surface area contributed by atoms with Crippen LogP contribution in [0.5, 0.6) is 0 Å². The highest BCUT2D eigenvalue weighted by Gasteiger charge is 2.31. The maximum Gasteiger partial charge on any atom is 0.308 e. The average Bonchev–Trinajstić information content (AvgIpc) is 2.54. The molecule has 0 bridgehead atoms. The van der Waals surface area contributed by atoms with Gasteiger partial charge in [0.05, 0.1) is 26.2 Å². The van der Waals surface area contributed by atoms with Crippen LogP contribution in [0.1, 0.15) is 36.4 Å². The van der Waals surface area contributed by atoms with Gasteiger partial charge in [0.25, 0.3) is 0 Å². The minimum Gasteiger partial charge on any atom is -0.469 e. The minimum absolute atomic E-state index is 0.0414. The van der Waals surface area contributed by atoms with Gasteiger partial charge in [0.2, 0.25) is 0 Å². The van der Waals surface area contributed by atoms with Crippen LogP contribution in [0.2, 0.25) is 0 Å². The SMILES string of the molecule is COC(=O)C[C@@H]1CN([C@H]2CCCc3ccccc32)CCO1. The third-order valence-electron chi connectivity index (χ3n) is 4.57. The molecule has 1 aliphatic heterocycles. The number of methoxy groups -OCH3 is 1. The van der Waals surface area contributed by atoms with Crippen molar-refractivity contribution in [2.24, 2.45) is 0 Å². The van der Waals surface area contributed by atoms with E-state index in [-0.39, 0.29) is 12.1 Å². The molecule has 0 amide bonds. The number of rotatable bonds is 3. The van der Waals surface area contributed by atoms with Crippen LogP contribution in [0.4, 0.5) is 0 Å². The molecule has 0 spiro atoms. The second-order valence-corrected chi connectivity index (χ2v) is 5.87. The van der Waals surface area contributed by atoms with E-state index in [9.17, 15) is 4.79 Å². The molecule has 1 saturated heterocycles. The summed E-state index contributed by atoms with van der Waals surface area (Å²) in [5.74, 6) is -0.189. The molecule has 4 heteroatoms. The number of carbonyl (C=O) groups excluding carboxylic acids is 1. The van der Waals surface area contributed by atoms with Gasteiger partial charge in [0.15, 0.2) is 0 Å². The zero-order valence-corrected chi connectivity index (χ0v) is 12.6. The molecule has 0 radical (unpaired) electrons. The van der Waals surface area contributed by atoms with E-state index in [0.717, 1.165) is 13.1 Å². The molecule has 1 aromatic rings. The summed E-state index contributed by atoms with van der Waals surface area (Å²) < 4.78 is 10.5. The quantitative estimate of drug-likeness (QED) is 0.801. The van der Waals surface area contributed by atoms with Crippen molar-refractivity contribution in [3.05, 3.63) is 35.4 Å². The fraction of sp³-hybridized carbons (Fsp3) is 0.588. The predicted molar refractivity (Wildman–Crippen MR) is 80.1 cm³/mol. The summed E-state index contributed by atoms with van der Waals surface area (Å²) in [6, 6.07) is 9.22. The van der Waals surface area contributed by atoms with Crippen molar-refractivity contribution in [2.75, 3.05) is 26.8 Å². The van der Waals surface area contributed by atoms with Gasteiger partial charge < -0.3 is 9.47 Å². The Kier molecular flexibility index (Phi) is 4.56. The van der Waals surface area contributed by atoms with Crippen LogP contribution in [0.3, 0.4) is 0 Å². The lowest BCUT2D eigenvalue weighted by Gasteiger charge is -2.40. The maximum atomic E-state index is 11.4. The number of aryl methyl sites for hydroxylation is 1. The standard InChI is InChI=1S/C17H23NO3/c1-20-17(19)11-14-12-18(9-10-21-14)16-8-4-6-13-5-2-3-7-15(13)16/h2-3,5,7,14,16H,4,6,8-12H2,1H3/t14-,16+/m1/s1. The fourth-order valence-corrected chi connectivity index (χ4v) is 3.53. The van der Waals surface area contributed by atoms with Crippen LogP contribution in [0.25, 0.3) is 0 Å². The van der Waals surface area contributed by atoms with Crippen LogP contribution >= 0.6 is 0 Å². The van der Waals surface area contributed by atoms with Gasteiger partial charge in [0, 0.05) is 19.1 Å². The molecular formula is C17H23NO3. The molecule has 0 saturated carbocycles. The summed E-state index contributed by atoms with van der Waals surface area (Å²) in [7, 11) is 1.43. The van der Waals surface area contributed by atoms with Crippen LogP contribution in [-0.4, -0.2) is 43.8 Å². The van der Waals surface area contributed by atoms with Gasteiger partial charge in [-0.3, -0.25) is 9.69 Å². The van der Waals surface area contributed by atoms with E-state index in [2.05, 4.69) is 29.2 Å². The van der Waals surface area contributed by atoms with Crippen LogP contribution in [0, 0.1) is 0 Å². The summed E-state index contributed by atoms with van der Waals surface area (Å²) in [5, 5.41) is 0. The molecule has 0 unspecified atom stereocenters. The molecule has 114 valence electrons. The highest BCUT2D eigenvalue weighted by molar-refractivity contribution is 5.69. The highest BCUT2D eigenvalue weighted by Crippen LogP contribution is 2.35. The lowest BCUT2D eigenvalue weighted by molar-refractivity contribution is -0.146. The number of ether oxygens (including phenoxy) is 2. The summed E-state index contributed by atoms with van der Waals surface area (Å²) in [5.41, 5.74) is 2.94. The summed E-state index contributed by atoms with van der Waals surface area (Å²) >= 11 is 0. The predicted octanol–water partition coefficient (Wildman–Crippen LogP) is 2.33. The molecule has 2 aliphatic rings. The fourth-order valence-electron chi connectivity index (χ4n) is 3.53. The van der Waals surface area contributed by atoms with Crippen LogP contribution in [-0.2, 0) is 20.7 Å². The Morgan fingerprint density at radius 1 is 1.43 bits per heavy atom. The van der Waals surface area contributed by atoms with E-state index in [1.54, 1.807) is 0 Å². The molecule has 2 atom stereocenters. The van der Waals surface area contributed by atoms with E-state index >= 15 is 0 Å². The van der Waals surface area contributed by atoms with Gasteiger partial charge in [-0.2, -0.15) is 0 Å². The average molecular weight is 289 g/mol. The maximum absolute atomic E-state index is 11.4. The molecule has 0 N–H and O–H groups in total. The van der Waals surface area contributed by atoms with Crippen molar-refractivity contribution in [1.29, 1.82) is 0 Å². The Morgan fingerprint density at radius 3 is 3.14 bits per heavy atom. The van der Waals surface area contributed by atoms with Gasteiger partial charge in [-0.25, -0.2) is 0 Å². The Morgan fingerprint density at radius 2 is 2.29 bits per heavy atom. The Labute approximate surface area is 126 Å². The van der Waals surface area contributed by atoms with Gasteiger partial charge in [0.1, 0.15) is 0 Å². The Hall–Kier alpha value is -1.39. The zero-order valence-electron chi connectivity index (χ0n) is 12.6. The normalized spacial score (nSPS) is 26.1. The number of fused-ring (bicyclic) bond motifs is 1. The summed E-state index contributed by atoms with van der Waals surface area (Å²) in [6.45, 7) is 2.45. The van der Waals surface area contributed by atoms with Gasteiger partial charge >= 0.3 is 5.97 Å². The lowest BCUT2D eigenvalue weighted by atomic mass is 9.86. The number of esters is 1. The van der Waals surface area contributed by atoms with Gasteiger partial charge in [-0.1, -0.05) is 24.3 Å². The number of benzene rings is 1. The molecule has 0 aromatic heterocycles. The van der Waals surface area contributed by atoms with Crippen molar-refractivity contribution in [3.63, 3.8) is 0 Å². The van der Waals surface area contributed by atoms with E-state index in [1.165, 1.54) is 37.5 Å². The number of hydrogen-bond donors (Lipinski definition) is 0. The number of hydrogen-bond acceptors (Lipinski definition) is 4. The van der Waals surface area contributed by atoms with Crippen LogP contribution in [0.15, 0.2) is 24.3 Å². The largest absolute Gasteiger partial charge is 0.469 e. The number of carbonyl (C=O) groups is 1. The van der Waals surface area contributed by atoms with E-state index < -0.39 is 0 Å². The van der Waals surface area contributed by atoms with Crippen LogP contribution < -0.4 is 0 Å². The monoisotopic (exact) mass is 289 g/mol. The third kappa shape index (κ3) is 3.27. The summed E-state index contributed by atoms with van der Waals surface area (Å²) in [4.78, 5) is 13.9. The smallest absolute Gasteiger partial charge is 0.308 e. The molecule has 1 fully saturated rings. The van der Waals surface area contributed by atoms with Crippen molar-refractivity contribution >= 4 is 5.97 Å². The van der Waals surface area contributed by atoms with Crippen molar-refractivity contribution < 1.29 is 14.3 Å². The van der Waals surface area contributed by atoms with Crippen molar-refractivity contribution in [2.45, 2.75) is 37.8 Å². The molecule has 4 nitrogen and oxygen atoms in total. The Balaban J connectivity index is 1.71. The van der Waals surface area contributed by atoms with E-state index in [0.29, 0.717) is 19.1 Å². The van der Waals surface area contributed by atoms with Crippen molar-refractivity contribution in [1.82, 2.24) is 4.90 Å². The molecular weight excluding hydrogens is 266 g/mol. The van der Waals surface area contributed by atoms with E-state index in [4.69, 9.17) is 9.47 Å². The lowest BCUT2D eigenvalue weighted by Crippen LogP contribution is -2.45. The molecule has 1 aliphatic carbocycles. The van der Waals surface area contributed by atoms with Gasteiger partial charge in [-0.05, 0) is 30.4 Å². The topological polar surface area (TPSA) is 38.8 Å². The van der Waals surface area contributed by atoms with Crippen molar-refractivity contribution in [3.8, 4) is 0 Å². The molecule has 1 heterocycles. The van der Waals surface area contributed by atoms with E-state index in [1.807, 2.05) is 0 Å². The first-order valence-electron chi connectivity index (χ1n) is 7.78. The molecule has 3 rings (SSSR count). The molecule has 1 aromatic carbocycles. The first-order valence-corrected chi connectivity index (χ1v) is 7.78. The number of morpholine rings is 1. The first kappa shape index (κ1) is 14.5. The highest BCUT2D eigenvalue weighted by atomic mass is 16.5. The first-order chi connectivity index (χ1) is 10.3. The second kappa shape index (κ2) is 6.58. The minimum atomic E-state index is -0.189. The second-order valence-electron chi connectivity index (χ2n) is 5.87. The van der Waals surface area contributed by atoms with Gasteiger partial charge in [-0.15, -0.1) is 0 Å². The summed E-state index contributed by atoms with van der Waals surface area (Å²) in [6.07, 6.45) is 3.92. The molecule has 21 heavy (non-hydrogen) atoms. The third-order valence-corrected chi connectivity index (χ3v) is 4.57.